The normalized spacial score (nSPS) is 21.7. The highest BCUT2D eigenvalue weighted by molar-refractivity contribution is 5.82. The second-order valence-corrected chi connectivity index (χ2v) is 4.01. The molecule has 2 nitrogen and oxygen atoms in total. The van der Waals surface area contributed by atoms with Crippen LogP contribution in [0.3, 0.4) is 0 Å². The van der Waals surface area contributed by atoms with Crippen LogP contribution in [0.15, 0.2) is 24.3 Å². The molecule has 0 spiro atoms. The third-order valence-electron chi connectivity index (χ3n) is 2.95. The molecule has 0 bridgehead atoms. The molecule has 1 atom stereocenters. The smallest absolute Gasteiger partial charge is 0.147 e. The Morgan fingerprint density at radius 3 is 2.64 bits per heavy atom. The summed E-state index contributed by atoms with van der Waals surface area (Å²) in [5.74, 6) is 0.266. The van der Waals surface area contributed by atoms with Crippen LogP contribution >= 0.6 is 0 Å². The summed E-state index contributed by atoms with van der Waals surface area (Å²) < 4.78 is 0. The van der Waals surface area contributed by atoms with E-state index in [0.29, 0.717) is 0 Å². The molecule has 14 heavy (non-hydrogen) atoms. The Kier molecular flexibility index (Phi) is 2.38. The van der Waals surface area contributed by atoms with E-state index in [2.05, 4.69) is 23.1 Å². The van der Waals surface area contributed by atoms with Crippen LogP contribution < -0.4 is 0 Å². The maximum atomic E-state index is 11.4. The number of carbonyl (C=O) groups is 1. The molecular weight excluding hydrogens is 174 g/mol. The minimum absolute atomic E-state index is 0.0740. The molecule has 0 unspecified atom stereocenters. The van der Waals surface area contributed by atoms with E-state index >= 15 is 0 Å². The van der Waals surface area contributed by atoms with Crippen molar-refractivity contribution in [2.75, 3.05) is 7.05 Å². The predicted molar refractivity (Wildman–Crippen MR) is 56.1 cm³/mol. The van der Waals surface area contributed by atoms with Gasteiger partial charge in [0.1, 0.15) is 5.78 Å². The maximum Gasteiger partial charge on any atom is 0.147 e. The van der Waals surface area contributed by atoms with Crippen molar-refractivity contribution < 1.29 is 4.79 Å². The van der Waals surface area contributed by atoms with E-state index in [0.717, 1.165) is 13.0 Å². The molecule has 0 aromatic heterocycles. The molecule has 2 heteroatoms. The van der Waals surface area contributed by atoms with Crippen molar-refractivity contribution >= 4 is 5.78 Å². The van der Waals surface area contributed by atoms with Gasteiger partial charge in [0.05, 0.1) is 6.04 Å². The summed E-state index contributed by atoms with van der Waals surface area (Å²) >= 11 is 0. The van der Waals surface area contributed by atoms with Crippen LogP contribution in [0.1, 0.15) is 18.1 Å². The summed E-state index contributed by atoms with van der Waals surface area (Å²) in [6.07, 6.45) is 0.863. The van der Waals surface area contributed by atoms with Gasteiger partial charge in [-0.05, 0) is 31.5 Å². The van der Waals surface area contributed by atoms with Gasteiger partial charge in [-0.15, -0.1) is 0 Å². The molecule has 1 aromatic carbocycles. The molecule has 1 aromatic rings. The van der Waals surface area contributed by atoms with Crippen molar-refractivity contribution in [2.24, 2.45) is 0 Å². The Balaban J connectivity index is 2.31. The third kappa shape index (κ3) is 1.58. The van der Waals surface area contributed by atoms with Gasteiger partial charge in [0.15, 0.2) is 0 Å². The summed E-state index contributed by atoms with van der Waals surface area (Å²) in [6, 6.07) is 8.44. The molecule has 0 N–H and O–H groups in total. The van der Waals surface area contributed by atoms with Crippen LogP contribution in [0.4, 0.5) is 0 Å². The minimum atomic E-state index is 0.0740. The Hall–Kier alpha value is -1.15. The molecular formula is C12H15NO. The van der Waals surface area contributed by atoms with Crippen LogP contribution in [-0.4, -0.2) is 23.8 Å². The zero-order valence-electron chi connectivity index (χ0n) is 8.66. The van der Waals surface area contributed by atoms with Gasteiger partial charge in [-0.25, -0.2) is 0 Å². The molecule has 0 radical (unpaired) electrons. The van der Waals surface area contributed by atoms with E-state index in [-0.39, 0.29) is 11.8 Å². The first kappa shape index (κ1) is 9.41. The SMILES string of the molecule is CC(=O)[C@@H]1Cc2ccccc2CN1C. The van der Waals surface area contributed by atoms with Crippen molar-refractivity contribution in [2.45, 2.75) is 25.9 Å². The van der Waals surface area contributed by atoms with Gasteiger partial charge in [-0.3, -0.25) is 9.69 Å². The van der Waals surface area contributed by atoms with Crippen LogP contribution in [0.5, 0.6) is 0 Å². The first-order valence-electron chi connectivity index (χ1n) is 4.96. The Morgan fingerprint density at radius 2 is 2.00 bits per heavy atom. The van der Waals surface area contributed by atoms with E-state index in [1.807, 2.05) is 13.1 Å². The second kappa shape index (κ2) is 3.54. The number of rotatable bonds is 1. The lowest BCUT2D eigenvalue weighted by molar-refractivity contribution is -0.122. The fourth-order valence-electron chi connectivity index (χ4n) is 2.11. The van der Waals surface area contributed by atoms with Crippen LogP contribution in [-0.2, 0) is 17.8 Å². The quantitative estimate of drug-likeness (QED) is 0.669. The zero-order chi connectivity index (χ0) is 10.1. The van der Waals surface area contributed by atoms with Gasteiger partial charge in [0.2, 0.25) is 0 Å². The number of fused-ring (bicyclic) bond motifs is 1. The van der Waals surface area contributed by atoms with Crippen LogP contribution in [0.2, 0.25) is 0 Å². The first-order valence-corrected chi connectivity index (χ1v) is 4.96. The number of likely N-dealkylation sites (N-methyl/N-ethyl adjacent to an activating group) is 1. The number of nitrogens with zero attached hydrogens (tertiary/aromatic N) is 1. The highest BCUT2D eigenvalue weighted by atomic mass is 16.1. The molecule has 0 fully saturated rings. The summed E-state index contributed by atoms with van der Waals surface area (Å²) in [5, 5.41) is 0. The van der Waals surface area contributed by atoms with Crippen LogP contribution in [0.25, 0.3) is 0 Å². The molecule has 0 saturated heterocycles. The van der Waals surface area contributed by atoms with Crippen LogP contribution in [0, 0.1) is 0 Å². The van der Waals surface area contributed by atoms with E-state index in [1.54, 1.807) is 6.92 Å². The molecule has 0 aliphatic carbocycles. The number of ketones is 1. The van der Waals surface area contributed by atoms with E-state index < -0.39 is 0 Å². The lowest BCUT2D eigenvalue weighted by Gasteiger charge is -2.32. The Labute approximate surface area is 84.5 Å². The fraction of sp³-hybridized carbons (Fsp3) is 0.417. The lowest BCUT2D eigenvalue weighted by atomic mass is 9.93. The van der Waals surface area contributed by atoms with Gasteiger partial charge in [-0.2, -0.15) is 0 Å². The number of hydrogen-bond donors (Lipinski definition) is 0. The van der Waals surface area contributed by atoms with Gasteiger partial charge in [0.25, 0.3) is 0 Å². The lowest BCUT2D eigenvalue weighted by Crippen LogP contribution is -2.42. The average Bonchev–Trinajstić information content (AvgIpc) is 2.16. The number of Topliss-reactive ketones (excluding diaryl/α,β-unsaturated/α-hetero) is 1. The predicted octanol–water partition coefficient (Wildman–Crippen LogP) is 1.63. The van der Waals surface area contributed by atoms with Gasteiger partial charge in [0, 0.05) is 6.54 Å². The molecule has 74 valence electrons. The largest absolute Gasteiger partial charge is 0.298 e. The topological polar surface area (TPSA) is 20.3 Å². The maximum absolute atomic E-state index is 11.4. The standard InChI is InChI=1S/C12H15NO/c1-9(14)12-7-10-5-3-4-6-11(10)8-13(12)2/h3-6,12H,7-8H2,1-2H3/t12-/m0/s1. The molecule has 1 aliphatic heterocycles. The molecule has 0 saturated carbocycles. The average molecular weight is 189 g/mol. The molecule has 1 aliphatic rings. The van der Waals surface area contributed by atoms with Gasteiger partial charge < -0.3 is 0 Å². The van der Waals surface area contributed by atoms with Crippen molar-refractivity contribution in [3.8, 4) is 0 Å². The van der Waals surface area contributed by atoms with E-state index in [4.69, 9.17) is 0 Å². The van der Waals surface area contributed by atoms with Crippen molar-refractivity contribution in [1.29, 1.82) is 0 Å². The highest BCUT2D eigenvalue weighted by Crippen LogP contribution is 2.21. The van der Waals surface area contributed by atoms with Crippen molar-refractivity contribution in [3.05, 3.63) is 35.4 Å². The fourth-order valence-corrected chi connectivity index (χ4v) is 2.11. The monoisotopic (exact) mass is 189 g/mol. The molecule has 0 amide bonds. The van der Waals surface area contributed by atoms with Crippen molar-refractivity contribution in [1.82, 2.24) is 4.90 Å². The van der Waals surface area contributed by atoms with E-state index in [9.17, 15) is 4.79 Å². The van der Waals surface area contributed by atoms with Gasteiger partial charge in [-0.1, -0.05) is 24.3 Å². The Bertz CT molecular complexity index is 359. The Morgan fingerprint density at radius 1 is 1.36 bits per heavy atom. The second-order valence-electron chi connectivity index (χ2n) is 4.01. The minimum Gasteiger partial charge on any atom is -0.298 e. The summed E-state index contributed by atoms with van der Waals surface area (Å²) in [7, 11) is 2.02. The number of carbonyl (C=O) groups excluding carboxylic acids is 1. The summed E-state index contributed by atoms with van der Waals surface area (Å²) in [6.45, 7) is 2.56. The summed E-state index contributed by atoms with van der Waals surface area (Å²) in [5.41, 5.74) is 2.68. The number of hydrogen-bond acceptors (Lipinski definition) is 2. The molecule has 1 heterocycles. The first-order chi connectivity index (χ1) is 6.68. The number of benzene rings is 1. The van der Waals surface area contributed by atoms with Gasteiger partial charge >= 0.3 is 0 Å². The van der Waals surface area contributed by atoms with E-state index in [1.165, 1.54) is 11.1 Å². The zero-order valence-corrected chi connectivity index (χ0v) is 8.66. The highest BCUT2D eigenvalue weighted by Gasteiger charge is 2.25. The third-order valence-corrected chi connectivity index (χ3v) is 2.95. The van der Waals surface area contributed by atoms with Crippen molar-refractivity contribution in [3.63, 3.8) is 0 Å². The summed E-state index contributed by atoms with van der Waals surface area (Å²) in [4.78, 5) is 13.5. The molecule has 2 rings (SSSR count).